The lowest BCUT2D eigenvalue weighted by molar-refractivity contribution is -0.118. The summed E-state index contributed by atoms with van der Waals surface area (Å²) in [6, 6.07) is 17.4. The van der Waals surface area contributed by atoms with Gasteiger partial charge < -0.3 is 10.1 Å². The molecule has 3 rings (SSSR count). The van der Waals surface area contributed by atoms with Gasteiger partial charge in [-0.3, -0.25) is 9.52 Å². The highest BCUT2D eigenvalue weighted by molar-refractivity contribution is 9.10. The van der Waals surface area contributed by atoms with Crippen LogP contribution in [0.1, 0.15) is 0 Å². The number of benzene rings is 3. The number of halogens is 3. The Morgan fingerprint density at radius 3 is 2.27 bits per heavy atom. The molecule has 30 heavy (non-hydrogen) atoms. The zero-order valence-corrected chi connectivity index (χ0v) is 19.1. The summed E-state index contributed by atoms with van der Waals surface area (Å²) in [7, 11) is -3.74. The second-order valence-corrected chi connectivity index (χ2v) is 9.41. The van der Waals surface area contributed by atoms with Gasteiger partial charge >= 0.3 is 0 Å². The number of para-hydroxylation sites is 1. The number of ether oxygens (including phenoxy) is 1. The van der Waals surface area contributed by atoms with Gasteiger partial charge in [-0.05, 0) is 64.5 Å². The lowest BCUT2D eigenvalue weighted by atomic mass is 10.3. The van der Waals surface area contributed by atoms with E-state index in [9.17, 15) is 13.2 Å². The molecule has 0 heterocycles. The molecular formula is C20H15BrCl2N2O4S. The molecule has 0 spiro atoms. The minimum atomic E-state index is -3.74. The molecule has 0 radical (unpaired) electrons. The molecule has 0 aliphatic carbocycles. The van der Waals surface area contributed by atoms with E-state index in [0.29, 0.717) is 26.6 Å². The van der Waals surface area contributed by atoms with Gasteiger partial charge in [0.05, 0.1) is 14.4 Å². The van der Waals surface area contributed by atoms with Crippen molar-refractivity contribution in [2.75, 3.05) is 16.6 Å². The van der Waals surface area contributed by atoms with Crippen LogP contribution < -0.4 is 14.8 Å². The molecule has 0 aliphatic rings. The largest absolute Gasteiger partial charge is 0.481 e. The summed E-state index contributed by atoms with van der Waals surface area (Å²) >= 11 is 15.2. The molecule has 6 nitrogen and oxygen atoms in total. The number of anilines is 2. The van der Waals surface area contributed by atoms with Crippen LogP contribution in [0.3, 0.4) is 0 Å². The molecule has 10 heteroatoms. The van der Waals surface area contributed by atoms with Crippen molar-refractivity contribution in [2.24, 2.45) is 0 Å². The van der Waals surface area contributed by atoms with Crippen molar-refractivity contribution in [1.82, 2.24) is 0 Å². The van der Waals surface area contributed by atoms with E-state index in [2.05, 4.69) is 26.0 Å². The third kappa shape index (κ3) is 5.89. The molecule has 156 valence electrons. The molecule has 1 amide bonds. The first-order chi connectivity index (χ1) is 14.2. The summed E-state index contributed by atoms with van der Waals surface area (Å²) in [6.07, 6.45) is 0. The molecule has 2 N–H and O–H groups in total. The normalized spacial score (nSPS) is 11.0. The van der Waals surface area contributed by atoms with Crippen molar-refractivity contribution < 1.29 is 17.9 Å². The number of nitrogens with one attached hydrogen (secondary N) is 2. The minimum Gasteiger partial charge on any atom is -0.481 e. The Morgan fingerprint density at radius 2 is 1.63 bits per heavy atom. The highest BCUT2D eigenvalue weighted by Crippen LogP contribution is 2.36. The number of rotatable bonds is 7. The maximum Gasteiger partial charge on any atom is 0.262 e. The van der Waals surface area contributed by atoms with Gasteiger partial charge in [-0.25, -0.2) is 8.42 Å². The van der Waals surface area contributed by atoms with E-state index in [1.807, 2.05) is 0 Å². The first-order valence-electron chi connectivity index (χ1n) is 8.50. The Balaban J connectivity index is 1.61. The van der Waals surface area contributed by atoms with E-state index < -0.39 is 15.9 Å². The van der Waals surface area contributed by atoms with Gasteiger partial charge in [0, 0.05) is 16.4 Å². The van der Waals surface area contributed by atoms with E-state index in [1.54, 1.807) is 36.4 Å². The predicted molar refractivity (Wildman–Crippen MR) is 122 cm³/mol. The lowest BCUT2D eigenvalue weighted by Gasteiger charge is -2.11. The van der Waals surface area contributed by atoms with Crippen LogP contribution in [0.4, 0.5) is 11.4 Å². The Morgan fingerprint density at radius 1 is 0.967 bits per heavy atom. The van der Waals surface area contributed by atoms with Crippen LogP contribution in [0.2, 0.25) is 10.0 Å². The summed E-state index contributed by atoms with van der Waals surface area (Å²) in [5.41, 5.74) is 0.877. The standard InChI is InChI=1S/C20H15BrCl2N2O4S/c21-17-10-13(22)11-18(23)20(17)29-12-19(26)24-14-6-8-16(9-7-14)30(27,28)25-15-4-2-1-3-5-15/h1-11,25H,12H2,(H,24,26). The fourth-order valence-electron chi connectivity index (χ4n) is 2.44. The number of carbonyl (C=O) groups excluding carboxylic acids is 1. The van der Waals surface area contributed by atoms with Gasteiger partial charge in [-0.2, -0.15) is 0 Å². The third-order valence-electron chi connectivity index (χ3n) is 3.79. The number of hydrogen-bond donors (Lipinski definition) is 2. The topological polar surface area (TPSA) is 84.5 Å². The predicted octanol–water partition coefficient (Wildman–Crippen LogP) is 5.57. The van der Waals surface area contributed by atoms with Crippen molar-refractivity contribution in [3.63, 3.8) is 0 Å². The summed E-state index contributed by atoms with van der Waals surface area (Å²) in [5.74, 6) is -0.143. The number of amides is 1. The van der Waals surface area contributed by atoms with Crippen molar-refractivity contribution in [2.45, 2.75) is 4.90 Å². The maximum absolute atomic E-state index is 12.4. The van der Waals surface area contributed by atoms with Crippen LogP contribution in [-0.2, 0) is 14.8 Å². The number of carbonyl (C=O) groups is 1. The van der Waals surface area contributed by atoms with Crippen LogP contribution in [0.25, 0.3) is 0 Å². The summed E-state index contributed by atoms with van der Waals surface area (Å²) in [5, 5.41) is 3.32. The van der Waals surface area contributed by atoms with Crippen molar-refractivity contribution >= 4 is 66.4 Å². The number of sulfonamides is 1. The van der Waals surface area contributed by atoms with Crippen LogP contribution in [0, 0.1) is 0 Å². The Hall–Kier alpha value is -2.26. The highest BCUT2D eigenvalue weighted by Gasteiger charge is 2.15. The highest BCUT2D eigenvalue weighted by atomic mass is 79.9. The fraction of sp³-hybridized carbons (Fsp3) is 0.0500. The van der Waals surface area contributed by atoms with Crippen LogP contribution >= 0.6 is 39.1 Å². The van der Waals surface area contributed by atoms with Gasteiger partial charge in [0.15, 0.2) is 12.4 Å². The summed E-state index contributed by atoms with van der Waals surface area (Å²) in [6.45, 7) is -0.296. The van der Waals surface area contributed by atoms with Crippen molar-refractivity contribution in [1.29, 1.82) is 0 Å². The molecule has 0 bridgehead atoms. The van der Waals surface area contributed by atoms with Gasteiger partial charge in [0.2, 0.25) is 0 Å². The van der Waals surface area contributed by atoms with Crippen LogP contribution in [0.15, 0.2) is 76.1 Å². The van der Waals surface area contributed by atoms with Gasteiger partial charge in [0.1, 0.15) is 0 Å². The third-order valence-corrected chi connectivity index (χ3v) is 6.27. The first kappa shape index (κ1) is 22.4. The monoisotopic (exact) mass is 528 g/mol. The Kier molecular flexibility index (Phi) is 7.25. The lowest BCUT2D eigenvalue weighted by Crippen LogP contribution is -2.20. The van der Waals surface area contributed by atoms with Crippen LogP contribution in [0.5, 0.6) is 5.75 Å². The second-order valence-electron chi connectivity index (χ2n) is 6.03. The average Bonchev–Trinajstić information content (AvgIpc) is 2.68. The van der Waals surface area contributed by atoms with E-state index in [4.69, 9.17) is 27.9 Å². The van der Waals surface area contributed by atoms with Gasteiger partial charge in [0.25, 0.3) is 15.9 Å². The SMILES string of the molecule is O=C(COc1c(Cl)cc(Cl)cc1Br)Nc1ccc(S(=O)(=O)Nc2ccccc2)cc1. The van der Waals surface area contributed by atoms with Crippen molar-refractivity contribution in [3.8, 4) is 5.75 Å². The van der Waals surface area contributed by atoms with Crippen LogP contribution in [-0.4, -0.2) is 20.9 Å². The summed E-state index contributed by atoms with van der Waals surface area (Å²) in [4.78, 5) is 12.2. The molecule has 0 saturated heterocycles. The first-order valence-corrected chi connectivity index (χ1v) is 11.5. The van der Waals surface area contributed by atoms with E-state index >= 15 is 0 Å². The minimum absolute atomic E-state index is 0.0671. The average molecular weight is 530 g/mol. The van der Waals surface area contributed by atoms with Crippen molar-refractivity contribution in [3.05, 3.63) is 81.2 Å². The molecule has 0 atom stereocenters. The molecule has 0 aromatic heterocycles. The van der Waals surface area contributed by atoms with Gasteiger partial charge in [-0.1, -0.05) is 41.4 Å². The zero-order chi connectivity index (χ0) is 21.7. The second kappa shape index (κ2) is 9.70. The Labute approximate surface area is 192 Å². The molecule has 0 unspecified atom stereocenters. The van der Waals surface area contributed by atoms with E-state index in [-0.39, 0.29) is 16.5 Å². The molecule has 0 fully saturated rings. The maximum atomic E-state index is 12.4. The fourth-order valence-corrected chi connectivity index (χ4v) is 4.87. The zero-order valence-electron chi connectivity index (χ0n) is 15.2. The van der Waals surface area contributed by atoms with E-state index in [1.165, 1.54) is 30.3 Å². The smallest absolute Gasteiger partial charge is 0.262 e. The number of hydrogen-bond acceptors (Lipinski definition) is 4. The Bertz CT molecular complexity index is 1130. The molecule has 3 aromatic rings. The molecular weight excluding hydrogens is 515 g/mol. The molecule has 0 aliphatic heterocycles. The molecule has 3 aromatic carbocycles. The van der Waals surface area contributed by atoms with E-state index in [0.717, 1.165) is 0 Å². The van der Waals surface area contributed by atoms with Gasteiger partial charge in [-0.15, -0.1) is 0 Å². The molecule has 0 saturated carbocycles. The summed E-state index contributed by atoms with van der Waals surface area (Å²) < 4.78 is 33.3. The quantitative estimate of drug-likeness (QED) is 0.418.